The number of fused-ring (bicyclic) bond motifs is 7. The minimum Gasteiger partial charge on any atom is -0.308 e. The van der Waals surface area contributed by atoms with Gasteiger partial charge >= 0.3 is 0 Å². The van der Waals surface area contributed by atoms with Gasteiger partial charge in [-0.15, -0.1) is 11.3 Å². The Hall–Kier alpha value is -5.96. The lowest BCUT2D eigenvalue weighted by molar-refractivity contribution is 0.661. The molecular formula is C49H35NS. The highest BCUT2D eigenvalue weighted by Crippen LogP contribution is 2.57. The van der Waals surface area contributed by atoms with Crippen molar-refractivity contribution in [1.29, 1.82) is 0 Å². The van der Waals surface area contributed by atoms with Crippen LogP contribution in [0.4, 0.5) is 17.1 Å². The molecule has 0 amide bonds. The molecule has 0 saturated carbocycles. The second-order valence-corrected chi connectivity index (χ2v) is 15.1. The quantitative estimate of drug-likeness (QED) is 0.176. The molecule has 1 aliphatic carbocycles. The predicted octanol–water partition coefficient (Wildman–Crippen LogP) is 14.3. The molecule has 0 aliphatic heterocycles. The largest absolute Gasteiger partial charge is 0.308 e. The molecule has 1 nitrogen and oxygen atoms in total. The summed E-state index contributed by atoms with van der Waals surface area (Å²) in [5.41, 5.74) is 13.7. The summed E-state index contributed by atoms with van der Waals surface area (Å²) in [6.45, 7) is 4.76. The molecule has 0 atom stereocenters. The zero-order valence-electron chi connectivity index (χ0n) is 28.6. The van der Waals surface area contributed by atoms with Gasteiger partial charge in [0.05, 0.1) is 16.1 Å². The maximum Gasteiger partial charge on any atom is 0.0640 e. The summed E-state index contributed by atoms with van der Waals surface area (Å²) >= 11 is 1.89. The van der Waals surface area contributed by atoms with Crippen LogP contribution in [0.5, 0.6) is 0 Å². The van der Waals surface area contributed by atoms with E-state index < -0.39 is 0 Å². The van der Waals surface area contributed by atoms with Crippen LogP contribution in [0.25, 0.3) is 64.3 Å². The molecule has 242 valence electrons. The molecule has 0 saturated heterocycles. The highest BCUT2D eigenvalue weighted by atomic mass is 32.1. The molecule has 1 heterocycles. The van der Waals surface area contributed by atoms with E-state index in [2.05, 4.69) is 195 Å². The molecular weight excluding hydrogens is 635 g/mol. The molecule has 8 aromatic carbocycles. The molecule has 1 aliphatic rings. The van der Waals surface area contributed by atoms with Crippen molar-refractivity contribution < 1.29 is 0 Å². The van der Waals surface area contributed by atoms with Gasteiger partial charge in [0.25, 0.3) is 0 Å². The Kier molecular flexibility index (Phi) is 6.78. The smallest absolute Gasteiger partial charge is 0.0640 e. The number of anilines is 3. The number of benzene rings is 8. The van der Waals surface area contributed by atoms with Crippen molar-refractivity contribution in [2.75, 3.05) is 4.90 Å². The highest BCUT2D eigenvalue weighted by molar-refractivity contribution is 7.26. The van der Waals surface area contributed by atoms with Gasteiger partial charge in [0.15, 0.2) is 0 Å². The van der Waals surface area contributed by atoms with E-state index in [4.69, 9.17) is 0 Å². The number of thiophene rings is 1. The van der Waals surface area contributed by atoms with Gasteiger partial charge in [0.1, 0.15) is 0 Å². The zero-order chi connectivity index (χ0) is 34.1. The Morgan fingerprint density at radius 1 is 0.471 bits per heavy atom. The molecule has 0 radical (unpaired) electrons. The zero-order valence-corrected chi connectivity index (χ0v) is 29.4. The minimum absolute atomic E-state index is 0.134. The van der Waals surface area contributed by atoms with Crippen LogP contribution < -0.4 is 4.90 Å². The Bertz CT molecular complexity index is 2770. The van der Waals surface area contributed by atoms with Crippen LogP contribution in [-0.2, 0) is 5.41 Å². The first-order valence-electron chi connectivity index (χ1n) is 17.7. The average molecular weight is 670 g/mol. The van der Waals surface area contributed by atoms with Crippen LogP contribution >= 0.6 is 11.3 Å². The van der Waals surface area contributed by atoms with Crippen molar-refractivity contribution in [3.63, 3.8) is 0 Å². The summed E-state index contributed by atoms with van der Waals surface area (Å²) in [5.74, 6) is 0. The van der Waals surface area contributed by atoms with Crippen LogP contribution in [0.1, 0.15) is 25.0 Å². The summed E-state index contributed by atoms with van der Waals surface area (Å²) in [6.07, 6.45) is 0. The lowest BCUT2D eigenvalue weighted by Gasteiger charge is -2.31. The van der Waals surface area contributed by atoms with Crippen LogP contribution in [0.15, 0.2) is 176 Å². The van der Waals surface area contributed by atoms with E-state index in [1.807, 2.05) is 11.3 Å². The van der Waals surface area contributed by atoms with Gasteiger partial charge in [0.2, 0.25) is 0 Å². The van der Waals surface area contributed by atoms with Gasteiger partial charge < -0.3 is 4.90 Å². The molecule has 0 unspecified atom stereocenters. The van der Waals surface area contributed by atoms with E-state index >= 15 is 0 Å². The van der Waals surface area contributed by atoms with Crippen molar-refractivity contribution in [2.24, 2.45) is 0 Å². The fourth-order valence-electron chi connectivity index (χ4n) is 8.41. The summed E-state index contributed by atoms with van der Waals surface area (Å²) < 4.78 is 2.60. The SMILES string of the molecule is CC1(C)c2ccccc2-c2c1cc1ccccc1c2N(c1ccc(-c2ccccc2-c2ccccc2)cc1)c1cccc2c1sc1ccccc12. The number of rotatable bonds is 5. The molecule has 1 aromatic heterocycles. The van der Waals surface area contributed by atoms with E-state index in [0.29, 0.717) is 0 Å². The van der Waals surface area contributed by atoms with Crippen molar-refractivity contribution in [1.82, 2.24) is 0 Å². The second kappa shape index (κ2) is 11.6. The van der Waals surface area contributed by atoms with E-state index in [0.717, 1.165) is 5.69 Å². The van der Waals surface area contributed by atoms with Crippen LogP contribution in [-0.4, -0.2) is 0 Å². The van der Waals surface area contributed by atoms with Gasteiger partial charge in [-0.1, -0.05) is 159 Å². The fraction of sp³-hybridized carbons (Fsp3) is 0.0612. The first kappa shape index (κ1) is 29.9. The van der Waals surface area contributed by atoms with E-state index in [9.17, 15) is 0 Å². The fourth-order valence-corrected chi connectivity index (χ4v) is 9.62. The van der Waals surface area contributed by atoms with E-state index in [-0.39, 0.29) is 5.41 Å². The van der Waals surface area contributed by atoms with Crippen LogP contribution in [0.3, 0.4) is 0 Å². The van der Waals surface area contributed by atoms with Crippen LogP contribution in [0.2, 0.25) is 0 Å². The normalized spacial score (nSPS) is 13.1. The Morgan fingerprint density at radius 2 is 1.08 bits per heavy atom. The maximum atomic E-state index is 2.56. The average Bonchev–Trinajstić information content (AvgIpc) is 3.68. The second-order valence-electron chi connectivity index (χ2n) is 14.1. The molecule has 2 heteroatoms. The van der Waals surface area contributed by atoms with E-state index in [1.54, 1.807) is 0 Å². The van der Waals surface area contributed by atoms with Gasteiger partial charge in [-0.05, 0) is 74.7 Å². The lowest BCUT2D eigenvalue weighted by Crippen LogP contribution is -2.16. The first-order chi connectivity index (χ1) is 25.1. The Balaban J connectivity index is 1.27. The Labute approximate surface area is 302 Å². The number of nitrogens with zero attached hydrogens (tertiary/aromatic N) is 1. The van der Waals surface area contributed by atoms with Gasteiger partial charge in [-0.3, -0.25) is 0 Å². The summed E-state index contributed by atoms with van der Waals surface area (Å²) in [5, 5.41) is 5.11. The Morgan fingerprint density at radius 3 is 1.86 bits per heavy atom. The molecule has 9 aromatic rings. The highest BCUT2D eigenvalue weighted by Gasteiger charge is 2.39. The topological polar surface area (TPSA) is 3.24 Å². The van der Waals surface area contributed by atoms with E-state index in [1.165, 1.54) is 86.8 Å². The number of hydrogen-bond acceptors (Lipinski definition) is 2. The van der Waals surface area contributed by atoms with Gasteiger partial charge in [-0.25, -0.2) is 0 Å². The standard InChI is InChI=1S/C49H35NS/c1-49(2)42-24-12-10-22-41(42)46-43(49)31-34-17-6-7-20-38(34)47(46)50(44-25-14-23-40-39-21-11-13-26-45(39)51-48(40)44)35-29-27-33(28-30-35)37-19-9-8-18-36(37)32-15-4-3-5-16-32/h3-31H,1-2H3. The number of hydrogen-bond donors (Lipinski definition) is 0. The molecule has 51 heavy (non-hydrogen) atoms. The summed E-state index contributed by atoms with van der Waals surface area (Å²) in [4.78, 5) is 2.56. The maximum absolute atomic E-state index is 2.56. The third kappa shape index (κ3) is 4.60. The predicted molar refractivity (Wildman–Crippen MR) is 220 cm³/mol. The van der Waals surface area contributed by atoms with Crippen molar-refractivity contribution in [3.05, 3.63) is 187 Å². The summed E-state index contributed by atoms with van der Waals surface area (Å²) in [7, 11) is 0. The van der Waals surface area contributed by atoms with Crippen LogP contribution in [0, 0.1) is 0 Å². The lowest BCUT2D eigenvalue weighted by atomic mass is 9.81. The monoisotopic (exact) mass is 669 g/mol. The van der Waals surface area contributed by atoms with Crippen molar-refractivity contribution in [2.45, 2.75) is 19.3 Å². The van der Waals surface area contributed by atoms with Crippen molar-refractivity contribution in [3.8, 4) is 33.4 Å². The molecule has 0 bridgehead atoms. The van der Waals surface area contributed by atoms with Crippen molar-refractivity contribution >= 4 is 59.3 Å². The first-order valence-corrected chi connectivity index (χ1v) is 18.5. The molecule has 10 rings (SSSR count). The molecule has 0 fully saturated rings. The molecule has 0 spiro atoms. The van der Waals surface area contributed by atoms with Gasteiger partial charge in [0, 0.05) is 37.5 Å². The van der Waals surface area contributed by atoms with Gasteiger partial charge in [-0.2, -0.15) is 0 Å². The minimum atomic E-state index is -0.134. The molecule has 0 N–H and O–H groups in total. The third-order valence-electron chi connectivity index (χ3n) is 10.9. The summed E-state index contributed by atoms with van der Waals surface area (Å²) in [6, 6.07) is 64.7. The third-order valence-corrected chi connectivity index (χ3v) is 12.1.